The van der Waals surface area contributed by atoms with Crippen molar-refractivity contribution >= 4 is 58.0 Å². The second-order valence-electron chi connectivity index (χ2n) is 7.59. The molecule has 1 heterocycles. The number of carbonyl (C=O) groups is 3. The maximum atomic E-state index is 13.1. The summed E-state index contributed by atoms with van der Waals surface area (Å²) in [4.78, 5) is 39.5. The fourth-order valence-corrected chi connectivity index (χ4v) is 3.84. The van der Waals surface area contributed by atoms with E-state index in [4.69, 9.17) is 23.2 Å². The molecule has 0 aromatic heterocycles. The second kappa shape index (κ2) is 9.10. The van der Waals surface area contributed by atoms with Crippen LogP contribution in [0.15, 0.2) is 77.5 Å². The fraction of sp³-hybridized carbons (Fsp3) is 0.0800. The molecule has 0 saturated carbocycles. The molecule has 0 spiro atoms. The topological polar surface area (TPSA) is 78.5 Å². The molecule has 0 atom stereocenters. The number of benzene rings is 3. The van der Waals surface area contributed by atoms with Crippen LogP contribution in [0.3, 0.4) is 0 Å². The number of nitrogens with one attached hydrogen (secondary N) is 2. The minimum atomic E-state index is -0.604. The number of nitrogens with zero attached hydrogens (tertiary/aromatic N) is 1. The highest BCUT2D eigenvalue weighted by Crippen LogP contribution is 2.32. The second-order valence-corrected chi connectivity index (χ2v) is 8.41. The molecule has 0 fully saturated rings. The van der Waals surface area contributed by atoms with Crippen molar-refractivity contribution < 1.29 is 14.4 Å². The Balaban J connectivity index is 1.55. The van der Waals surface area contributed by atoms with Gasteiger partial charge >= 0.3 is 0 Å². The number of carbonyl (C=O) groups excluding carboxylic acids is 3. The van der Waals surface area contributed by atoms with Crippen LogP contribution in [0.1, 0.15) is 21.5 Å². The van der Waals surface area contributed by atoms with Crippen LogP contribution < -0.4 is 15.5 Å². The summed E-state index contributed by atoms with van der Waals surface area (Å²) in [5.74, 6) is -1.51. The molecule has 8 heteroatoms. The highest BCUT2D eigenvalue weighted by Gasteiger charge is 2.39. The first kappa shape index (κ1) is 22.6. The number of anilines is 3. The Morgan fingerprint density at radius 2 is 1.58 bits per heavy atom. The first-order valence-electron chi connectivity index (χ1n) is 10.0. The van der Waals surface area contributed by atoms with Crippen molar-refractivity contribution in [1.82, 2.24) is 0 Å². The standard InChI is InChI=1S/C25H19Cl2N3O3/c1-14-6-11-20(15(2)12-14)30-24(32)21(27)22(25(30)33)28-19-5-3-4-16(13-19)23(31)29-18-9-7-17(26)8-10-18/h3-13,28H,1-2H3,(H,29,31). The van der Waals surface area contributed by atoms with Gasteiger partial charge in [0.15, 0.2) is 0 Å². The number of aryl methyl sites for hydroxylation is 2. The van der Waals surface area contributed by atoms with Crippen molar-refractivity contribution in [3.63, 3.8) is 0 Å². The molecule has 33 heavy (non-hydrogen) atoms. The molecule has 4 rings (SSSR count). The van der Waals surface area contributed by atoms with Gasteiger partial charge in [-0.15, -0.1) is 0 Å². The zero-order chi connectivity index (χ0) is 23.7. The third-order valence-electron chi connectivity index (χ3n) is 5.12. The first-order chi connectivity index (χ1) is 15.7. The van der Waals surface area contributed by atoms with E-state index in [9.17, 15) is 14.4 Å². The quantitative estimate of drug-likeness (QED) is 0.463. The van der Waals surface area contributed by atoms with E-state index < -0.39 is 11.8 Å². The monoisotopic (exact) mass is 479 g/mol. The smallest absolute Gasteiger partial charge is 0.283 e. The molecule has 0 radical (unpaired) electrons. The highest BCUT2D eigenvalue weighted by molar-refractivity contribution is 6.53. The van der Waals surface area contributed by atoms with Gasteiger partial charge in [0.05, 0.1) is 5.69 Å². The van der Waals surface area contributed by atoms with Gasteiger partial charge in [-0.2, -0.15) is 0 Å². The summed E-state index contributed by atoms with van der Waals surface area (Å²) in [5, 5.41) is 6.04. The van der Waals surface area contributed by atoms with Gasteiger partial charge in [0.2, 0.25) is 0 Å². The van der Waals surface area contributed by atoms with Gasteiger partial charge in [-0.1, -0.05) is 47.0 Å². The minimum Gasteiger partial charge on any atom is -0.350 e. The van der Waals surface area contributed by atoms with Crippen LogP contribution in [0, 0.1) is 13.8 Å². The van der Waals surface area contributed by atoms with Crippen LogP contribution >= 0.6 is 23.2 Å². The van der Waals surface area contributed by atoms with Crippen LogP contribution in [0.5, 0.6) is 0 Å². The largest absolute Gasteiger partial charge is 0.350 e. The lowest BCUT2D eigenvalue weighted by Crippen LogP contribution is -2.32. The molecule has 1 aliphatic rings. The molecule has 0 unspecified atom stereocenters. The van der Waals surface area contributed by atoms with Crippen LogP contribution in [0.4, 0.5) is 17.1 Å². The molecule has 0 aliphatic carbocycles. The Kier molecular flexibility index (Phi) is 6.22. The molecule has 0 bridgehead atoms. The first-order valence-corrected chi connectivity index (χ1v) is 10.8. The molecule has 3 aromatic rings. The van der Waals surface area contributed by atoms with Crippen molar-refractivity contribution in [3.05, 3.63) is 99.2 Å². The maximum Gasteiger partial charge on any atom is 0.283 e. The minimum absolute atomic E-state index is 0.0445. The van der Waals surface area contributed by atoms with Crippen LogP contribution in [-0.2, 0) is 9.59 Å². The van der Waals surface area contributed by atoms with Gasteiger partial charge in [-0.25, -0.2) is 4.90 Å². The average molecular weight is 480 g/mol. The molecule has 1 aliphatic heterocycles. The van der Waals surface area contributed by atoms with Crippen molar-refractivity contribution in [2.75, 3.05) is 15.5 Å². The van der Waals surface area contributed by atoms with E-state index in [2.05, 4.69) is 10.6 Å². The zero-order valence-electron chi connectivity index (χ0n) is 17.8. The molecule has 6 nitrogen and oxygen atoms in total. The summed E-state index contributed by atoms with van der Waals surface area (Å²) in [5.41, 5.74) is 3.61. The van der Waals surface area contributed by atoms with E-state index in [1.54, 1.807) is 54.6 Å². The van der Waals surface area contributed by atoms with Gasteiger partial charge in [-0.3, -0.25) is 14.4 Å². The average Bonchev–Trinajstić information content (AvgIpc) is 2.99. The lowest BCUT2D eigenvalue weighted by Gasteiger charge is -2.18. The predicted octanol–water partition coefficient (Wildman–Crippen LogP) is 5.64. The number of hydrogen-bond donors (Lipinski definition) is 2. The summed E-state index contributed by atoms with van der Waals surface area (Å²) in [6.07, 6.45) is 0. The normalized spacial score (nSPS) is 13.5. The van der Waals surface area contributed by atoms with Gasteiger partial charge in [-0.05, 0) is 67.9 Å². The zero-order valence-corrected chi connectivity index (χ0v) is 19.3. The summed E-state index contributed by atoms with van der Waals surface area (Å²) >= 11 is 12.1. The summed E-state index contributed by atoms with van der Waals surface area (Å²) < 4.78 is 0. The Labute approximate surface area is 200 Å². The lowest BCUT2D eigenvalue weighted by molar-refractivity contribution is -0.120. The molecule has 2 N–H and O–H groups in total. The van der Waals surface area contributed by atoms with Gasteiger partial charge < -0.3 is 10.6 Å². The Bertz CT molecular complexity index is 1320. The van der Waals surface area contributed by atoms with E-state index in [1.165, 1.54) is 0 Å². The van der Waals surface area contributed by atoms with Crippen LogP contribution in [0.25, 0.3) is 0 Å². The van der Waals surface area contributed by atoms with Crippen molar-refractivity contribution in [2.45, 2.75) is 13.8 Å². The third-order valence-corrected chi connectivity index (χ3v) is 5.72. The van der Waals surface area contributed by atoms with Crippen molar-refractivity contribution in [2.24, 2.45) is 0 Å². The molecule has 0 saturated heterocycles. The third kappa shape index (κ3) is 4.62. The SMILES string of the molecule is Cc1ccc(N2C(=O)C(Cl)=C(Nc3cccc(C(=O)Nc4ccc(Cl)cc4)c3)C2=O)c(C)c1. The van der Waals surface area contributed by atoms with Crippen molar-refractivity contribution in [1.29, 1.82) is 0 Å². The summed E-state index contributed by atoms with van der Waals surface area (Å²) in [6.45, 7) is 3.75. The van der Waals surface area contributed by atoms with E-state index in [0.29, 0.717) is 27.6 Å². The van der Waals surface area contributed by atoms with Gasteiger partial charge in [0.25, 0.3) is 17.7 Å². The molecule has 3 aromatic carbocycles. The van der Waals surface area contributed by atoms with Crippen LogP contribution in [-0.4, -0.2) is 17.7 Å². The Hall–Kier alpha value is -3.61. The molecular formula is C25H19Cl2N3O3. The Morgan fingerprint density at radius 1 is 0.848 bits per heavy atom. The number of rotatable bonds is 5. The van der Waals surface area contributed by atoms with Gasteiger partial charge in [0, 0.05) is 22.0 Å². The van der Waals surface area contributed by atoms with Gasteiger partial charge in [0.1, 0.15) is 10.7 Å². The van der Waals surface area contributed by atoms with E-state index in [0.717, 1.165) is 16.0 Å². The lowest BCUT2D eigenvalue weighted by atomic mass is 10.1. The summed E-state index contributed by atoms with van der Waals surface area (Å²) in [7, 11) is 0. The number of halogens is 2. The van der Waals surface area contributed by atoms with E-state index in [-0.39, 0.29) is 16.6 Å². The highest BCUT2D eigenvalue weighted by atomic mass is 35.5. The fourth-order valence-electron chi connectivity index (χ4n) is 3.51. The Morgan fingerprint density at radius 3 is 2.27 bits per heavy atom. The van der Waals surface area contributed by atoms with E-state index in [1.807, 2.05) is 26.0 Å². The van der Waals surface area contributed by atoms with Crippen molar-refractivity contribution in [3.8, 4) is 0 Å². The molecular weight excluding hydrogens is 461 g/mol. The number of imide groups is 1. The maximum absolute atomic E-state index is 13.1. The molecule has 166 valence electrons. The number of hydrogen-bond acceptors (Lipinski definition) is 4. The number of amides is 3. The summed E-state index contributed by atoms with van der Waals surface area (Å²) in [6, 6.07) is 18.7. The molecule has 3 amide bonds. The van der Waals surface area contributed by atoms with E-state index >= 15 is 0 Å². The van der Waals surface area contributed by atoms with Crippen LogP contribution in [0.2, 0.25) is 5.02 Å². The predicted molar refractivity (Wildman–Crippen MR) is 131 cm³/mol.